The van der Waals surface area contributed by atoms with Gasteiger partial charge in [0, 0.05) is 6.42 Å². The summed E-state index contributed by atoms with van der Waals surface area (Å²) in [6.07, 6.45) is 98.1. The standard InChI is InChI=1S/C81H157N2O6P/c1-6-8-10-12-14-16-18-20-22-24-26-28-30-32-34-35-36-37-38-39-40-41-42-43-44-45-46-47-49-51-53-55-57-59-61-63-65-67-69-71-73-75-81(85)82-79(78-89-90(86,87)88-77-76-83(3,4)5)80(84)74-72-70-68-66-64-62-60-58-56-54-52-50-48-33-31-29-27-25-23-21-19-17-15-13-11-9-7-2/h8,10,14,16,20,22,26,28,79-80,84H,6-7,9,11-13,15,17-19,21,23-25,27,29-78H2,1-5H3,(H-,82,85,86,87)/b10-8-,16-14-,22-20-,28-26-. The molecule has 0 rings (SSSR count). The van der Waals surface area contributed by atoms with Crippen LogP contribution >= 0.6 is 7.82 Å². The summed E-state index contributed by atoms with van der Waals surface area (Å²) in [6, 6.07) is -0.801. The second-order valence-corrected chi connectivity index (χ2v) is 30.2. The van der Waals surface area contributed by atoms with E-state index in [2.05, 4.69) is 67.8 Å². The van der Waals surface area contributed by atoms with Gasteiger partial charge in [-0.1, -0.05) is 403 Å². The lowest BCUT2D eigenvalue weighted by molar-refractivity contribution is -0.870. The van der Waals surface area contributed by atoms with Crippen molar-refractivity contribution in [3.8, 4) is 0 Å². The summed E-state index contributed by atoms with van der Waals surface area (Å²) in [4.78, 5) is 25.7. The van der Waals surface area contributed by atoms with E-state index in [1.807, 2.05) is 21.1 Å². The van der Waals surface area contributed by atoms with E-state index in [1.54, 1.807) is 0 Å². The average molecular weight is 1290 g/mol. The molecule has 0 fully saturated rings. The Morgan fingerprint density at radius 1 is 0.400 bits per heavy atom. The van der Waals surface area contributed by atoms with Crippen LogP contribution in [0.5, 0.6) is 0 Å². The van der Waals surface area contributed by atoms with Gasteiger partial charge in [0.2, 0.25) is 5.91 Å². The smallest absolute Gasteiger partial charge is 0.268 e. The van der Waals surface area contributed by atoms with Crippen LogP contribution in [0.25, 0.3) is 0 Å². The first-order chi connectivity index (χ1) is 44.0. The van der Waals surface area contributed by atoms with Gasteiger partial charge in [0.15, 0.2) is 0 Å². The minimum Gasteiger partial charge on any atom is -0.756 e. The maximum absolute atomic E-state index is 13.1. The number of phosphoric ester groups is 1. The fourth-order valence-electron chi connectivity index (χ4n) is 12.5. The van der Waals surface area contributed by atoms with Crippen LogP contribution in [0.1, 0.15) is 412 Å². The van der Waals surface area contributed by atoms with Gasteiger partial charge in [0.25, 0.3) is 7.82 Å². The largest absolute Gasteiger partial charge is 0.756 e. The minimum atomic E-state index is -4.58. The van der Waals surface area contributed by atoms with Crippen molar-refractivity contribution < 1.29 is 32.9 Å². The van der Waals surface area contributed by atoms with Crippen molar-refractivity contribution in [3.05, 3.63) is 48.6 Å². The van der Waals surface area contributed by atoms with Crippen molar-refractivity contribution in [1.82, 2.24) is 5.32 Å². The number of aliphatic hydroxyl groups is 1. The van der Waals surface area contributed by atoms with Crippen LogP contribution < -0.4 is 10.2 Å². The third-order valence-electron chi connectivity index (χ3n) is 18.6. The molecule has 0 aliphatic rings. The van der Waals surface area contributed by atoms with E-state index in [-0.39, 0.29) is 19.1 Å². The van der Waals surface area contributed by atoms with Crippen LogP contribution in [0.4, 0.5) is 0 Å². The van der Waals surface area contributed by atoms with Crippen molar-refractivity contribution in [3.63, 3.8) is 0 Å². The van der Waals surface area contributed by atoms with Crippen LogP contribution in [0.3, 0.4) is 0 Å². The van der Waals surface area contributed by atoms with Crippen LogP contribution in [0, 0.1) is 0 Å². The van der Waals surface area contributed by atoms with Gasteiger partial charge in [-0.05, 0) is 51.4 Å². The van der Waals surface area contributed by atoms with E-state index in [1.165, 1.54) is 321 Å². The highest BCUT2D eigenvalue weighted by Crippen LogP contribution is 2.38. The number of amides is 1. The Bertz CT molecular complexity index is 1610. The summed E-state index contributed by atoms with van der Waals surface area (Å²) in [6.45, 7) is 4.68. The molecule has 9 heteroatoms. The first-order valence-corrected chi connectivity index (χ1v) is 41.4. The number of hydrogen-bond acceptors (Lipinski definition) is 6. The topological polar surface area (TPSA) is 108 Å². The molecule has 0 saturated carbocycles. The Kier molecular flexibility index (Phi) is 70.5. The number of likely N-dealkylation sites (N-methyl/N-ethyl adjacent to an activating group) is 1. The quantitative estimate of drug-likeness (QED) is 0.0272. The van der Waals surface area contributed by atoms with Crippen molar-refractivity contribution in [2.75, 3.05) is 40.9 Å². The molecule has 0 spiro atoms. The molecule has 2 N–H and O–H groups in total. The van der Waals surface area contributed by atoms with Gasteiger partial charge in [-0.15, -0.1) is 0 Å². The molecule has 1 amide bonds. The third kappa shape index (κ3) is 73.9. The third-order valence-corrected chi connectivity index (χ3v) is 19.5. The number of nitrogens with one attached hydrogen (secondary N) is 1. The first-order valence-electron chi connectivity index (χ1n) is 40.0. The van der Waals surface area contributed by atoms with Crippen molar-refractivity contribution >= 4 is 13.7 Å². The number of carbonyl (C=O) groups excluding carboxylic acids is 1. The maximum Gasteiger partial charge on any atom is 0.268 e. The summed E-state index contributed by atoms with van der Waals surface area (Å²) in [5.41, 5.74) is 0. The van der Waals surface area contributed by atoms with Crippen molar-refractivity contribution in [1.29, 1.82) is 0 Å². The molecule has 0 aliphatic carbocycles. The van der Waals surface area contributed by atoms with Crippen molar-refractivity contribution in [2.45, 2.75) is 424 Å². The number of aliphatic hydroxyl groups excluding tert-OH is 1. The van der Waals surface area contributed by atoms with E-state index >= 15 is 0 Å². The number of unbranched alkanes of at least 4 members (excludes halogenated alkanes) is 54. The van der Waals surface area contributed by atoms with Gasteiger partial charge < -0.3 is 28.8 Å². The number of rotatable bonds is 75. The van der Waals surface area contributed by atoms with Crippen molar-refractivity contribution in [2.24, 2.45) is 0 Å². The lowest BCUT2D eigenvalue weighted by atomic mass is 10.0. The monoisotopic (exact) mass is 1290 g/mol. The van der Waals surface area contributed by atoms with E-state index in [0.717, 1.165) is 64.2 Å². The van der Waals surface area contributed by atoms with Gasteiger partial charge in [-0.25, -0.2) is 0 Å². The molecule has 0 aromatic heterocycles. The highest BCUT2D eigenvalue weighted by atomic mass is 31.2. The Morgan fingerprint density at radius 2 is 0.678 bits per heavy atom. The van der Waals surface area contributed by atoms with Gasteiger partial charge in [0.1, 0.15) is 13.2 Å². The Balaban J connectivity index is 3.87. The number of allylic oxidation sites excluding steroid dienone is 8. The van der Waals surface area contributed by atoms with Crippen LogP contribution in [0.15, 0.2) is 48.6 Å². The van der Waals surface area contributed by atoms with E-state index < -0.39 is 20.0 Å². The Hall–Kier alpha value is -1.54. The summed E-state index contributed by atoms with van der Waals surface area (Å²) in [5, 5.41) is 14.1. The molecular weight excluding hydrogens is 1130 g/mol. The molecule has 0 aliphatic heterocycles. The van der Waals surface area contributed by atoms with Crippen LogP contribution in [-0.2, 0) is 18.4 Å². The van der Waals surface area contributed by atoms with E-state index in [9.17, 15) is 19.4 Å². The molecule has 0 heterocycles. The molecule has 0 aromatic carbocycles. The van der Waals surface area contributed by atoms with Gasteiger partial charge in [0.05, 0.1) is 39.9 Å². The summed E-state index contributed by atoms with van der Waals surface area (Å²) in [7, 11) is 1.33. The van der Waals surface area contributed by atoms with Gasteiger partial charge in [-0.2, -0.15) is 0 Å². The number of carbonyl (C=O) groups is 1. The second kappa shape index (κ2) is 71.7. The zero-order valence-corrected chi connectivity index (χ0v) is 62.0. The summed E-state index contributed by atoms with van der Waals surface area (Å²) < 4.78 is 23.6. The molecule has 0 saturated heterocycles. The zero-order valence-electron chi connectivity index (χ0n) is 61.1. The lowest BCUT2D eigenvalue weighted by Crippen LogP contribution is -2.46. The van der Waals surface area contributed by atoms with E-state index in [4.69, 9.17) is 9.05 Å². The van der Waals surface area contributed by atoms with Gasteiger partial charge >= 0.3 is 0 Å². The van der Waals surface area contributed by atoms with Gasteiger partial charge in [-0.3, -0.25) is 9.36 Å². The molecular formula is C81H157N2O6P. The minimum absolute atomic E-state index is 0.0150. The maximum atomic E-state index is 13.1. The highest BCUT2D eigenvalue weighted by molar-refractivity contribution is 7.45. The second-order valence-electron chi connectivity index (χ2n) is 28.8. The van der Waals surface area contributed by atoms with Crippen LogP contribution in [-0.4, -0.2) is 68.5 Å². The summed E-state index contributed by atoms with van der Waals surface area (Å²) >= 11 is 0. The molecule has 0 radical (unpaired) electrons. The molecule has 8 nitrogen and oxygen atoms in total. The fraction of sp³-hybridized carbons (Fsp3) is 0.889. The number of quaternary nitrogens is 1. The summed E-state index contributed by atoms with van der Waals surface area (Å²) in [5.74, 6) is -0.155. The van der Waals surface area contributed by atoms with Crippen LogP contribution in [0.2, 0.25) is 0 Å². The number of phosphoric acid groups is 1. The molecule has 0 bridgehead atoms. The Morgan fingerprint density at radius 3 is 0.989 bits per heavy atom. The number of nitrogens with zero attached hydrogens (tertiary/aromatic N) is 1. The number of hydrogen-bond donors (Lipinski definition) is 2. The molecule has 90 heavy (non-hydrogen) atoms. The predicted octanol–water partition coefficient (Wildman–Crippen LogP) is 25.5. The highest BCUT2D eigenvalue weighted by Gasteiger charge is 2.24. The Labute approximate surface area is 562 Å². The zero-order chi connectivity index (χ0) is 65.5. The lowest BCUT2D eigenvalue weighted by Gasteiger charge is -2.30. The average Bonchev–Trinajstić information content (AvgIpc) is 3.09. The molecule has 3 unspecified atom stereocenters. The normalized spacial score (nSPS) is 13.7. The molecule has 3 atom stereocenters. The SMILES string of the molecule is CC/C=C\C/C=C\C/C=C\C/C=C\CCCCCCCCCCCCCCCCCCCCCCCCCCCCCCC(=O)NC(COP(=O)([O-])OCC[N+](C)(C)C)C(O)CCCCCCCCCCCCCCCCCCCCCCCCCCCCC. The first kappa shape index (κ1) is 88.5. The van der Waals surface area contributed by atoms with E-state index in [0.29, 0.717) is 23.9 Å². The molecule has 0 aromatic rings. The predicted molar refractivity (Wildman–Crippen MR) is 395 cm³/mol. The molecule has 532 valence electrons. The fourth-order valence-corrected chi connectivity index (χ4v) is 13.2.